The van der Waals surface area contributed by atoms with Crippen LogP contribution in [0.15, 0.2) is 18.2 Å². The summed E-state index contributed by atoms with van der Waals surface area (Å²) in [5, 5.41) is 2.67. The maximum atomic E-state index is 13.3. The van der Waals surface area contributed by atoms with E-state index in [1.54, 1.807) is 0 Å². The maximum Gasteiger partial charge on any atom is 0.251 e. The van der Waals surface area contributed by atoms with Crippen LogP contribution in [-0.2, 0) is 0 Å². The monoisotopic (exact) mass is 301 g/mol. The number of hydrogen-bond donors (Lipinski definition) is 1. The third-order valence-electron chi connectivity index (χ3n) is 3.43. The van der Waals surface area contributed by atoms with Gasteiger partial charge in [0, 0.05) is 12.1 Å². The Morgan fingerprint density at radius 2 is 2.05 bits per heavy atom. The molecule has 1 aromatic carbocycles. The van der Waals surface area contributed by atoms with Crippen molar-refractivity contribution in [3.05, 3.63) is 29.6 Å². The fraction of sp³-hybridized carbons (Fsp3) is 0.533. The van der Waals surface area contributed by atoms with Crippen molar-refractivity contribution in [1.82, 2.24) is 5.32 Å². The minimum absolute atomic E-state index is 0.0556. The average Bonchev–Trinajstić information content (AvgIpc) is 2.46. The molecule has 20 heavy (non-hydrogen) atoms. The standard InChI is InChI=1S/C15H21ClFNO2/c1-4-10(5-2)12(16)9-18-15(19)11-6-7-13(17)14(8-11)20-3/h6-8,10,12H,4-5,9H2,1-3H3,(H,18,19). The molecule has 0 heterocycles. The summed E-state index contributed by atoms with van der Waals surface area (Å²) in [7, 11) is 1.36. The molecule has 1 rings (SSSR count). The molecule has 0 aliphatic rings. The Balaban J connectivity index is 2.63. The van der Waals surface area contributed by atoms with Crippen molar-refractivity contribution in [2.45, 2.75) is 32.1 Å². The molecule has 0 aliphatic carbocycles. The van der Waals surface area contributed by atoms with E-state index in [1.165, 1.54) is 25.3 Å². The maximum absolute atomic E-state index is 13.3. The fourth-order valence-corrected chi connectivity index (χ4v) is 2.49. The molecule has 1 atom stereocenters. The van der Waals surface area contributed by atoms with Gasteiger partial charge in [-0.1, -0.05) is 26.7 Å². The number of nitrogens with one attached hydrogen (secondary N) is 1. The van der Waals surface area contributed by atoms with E-state index in [0.29, 0.717) is 18.0 Å². The van der Waals surface area contributed by atoms with Crippen LogP contribution in [0.4, 0.5) is 4.39 Å². The van der Waals surface area contributed by atoms with E-state index in [4.69, 9.17) is 16.3 Å². The second-order valence-electron chi connectivity index (χ2n) is 4.65. The first-order chi connectivity index (χ1) is 9.53. The molecular weight excluding hydrogens is 281 g/mol. The zero-order chi connectivity index (χ0) is 15.1. The summed E-state index contributed by atoms with van der Waals surface area (Å²) in [5.74, 6) is -0.337. The van der Waals surface area contributed by atoms with Crippen LogP contribution in [0.5, 0.6) is 5.75 Å². The molecule has 0 fully saturated rings. The van der Waals surface area contributed by atoms with Crippen molar-refractivity contribution in [2.75, 3.05) is 13.7 Å². The summed E-state index contributed by atoms with van der Waals surface area (Å²) in [6.45, 7) is 4.55. The molecule has 1 amide bonds. The molecule has 1 N–H and O–H groups in total. The summed E-state index contributed by atoms with van der Waals surface area (Å²) in [4.78, 5) is 12.0. The highest BCUT2D eigenvalue weighted by Gasteiger charge is 2.17. The van der Waals surface area contributed by atoms with Gasteiger partial charge in [0.15, 0.2) is 11.6 Å². The van der Waals surface area contributed by atoms with Gasteiger partial charge in [0.25, 0.3) is 5.91 Å². The van der Waals surface area contributed by atoms with Gasteiger partial charge in [0.1, 0.15) is 0 Å². The number of halogens is 2. The minimum Gasteiger partial charge on any atom is -0.494 e. The Morgan fingerprint density at radius 1 is 1.40 bits per heavy atom. The van der Waals surface area contributed by atoms with Gasteiger partial charge in [-0.15, -0.1) is 11.6 Å². The summed E-state index contributed by atoms with van der Waals surface area (Å²) in [5.41, 5.74) is 0.358. The average molecular weight is 302 g/mol. The van der Waals surface area contributed by atoms with Crippen molar-refractivity contribution in [2.24, 2.45) is 5.92 Å². The summed E-state index contributed by atoms with van der Waals surface area (Å²) < 4.78 is 18.1. The number of ether oxygens (including phenoxy) is 1. The van der Waals surface area contributed by atoms with Gasteiger partial charge in [-0.2, -0.15) is 0 Å². The minimum atomic E-state index is -0.490. The van der Waals surface area contributed by atoms with Crippen LogP contribution >= 0.6 is 11.6 Å². The molecule has 0 aromatic heterocycles. The van der Waals surface area contributed by atoms with Gasteiger partial charge in [-0.25, -0.2) is 4.39 Å². The molecule has 0 spiro atoms. The van der Waals surface area contributed by atoms with Crippen molar-refractivity contribution in [3.63, 3.8) is 0 Å². The summed E-state index contributed by atoms with van der Waals surface area (Å²) in [6.07, 6.45) is 1.95. The van der Waals surface area contributed by atoms with Gasteiger partial charge in [-0.3, -0.25) is 4.79 Å². The Morgan fingerprint density at radius 3 is 2.60 bits per heavy atom. The normalized spacial score (nSPS) is 12.3. The predicted octanol–water partition coefficient (Wildman–Crippen LogP) is 3.61. The molecule has 0 saturated carbocycles. The number of methoxy groups -OCH3 is 1. The van der Waals surface area contributed by atoms with E-state index in [9.17, 15) is 9.18 Å². The lowest BCUT2D eigenvalue weighted by Gasteiger charge is -2.19. The molecule has 0 bridgehead atoms. The number of carbonyl (C=O) groups excluding carboxylic acids is 1. The van der Waals surface area contributed by atoms with Crippen LogP contribution < -0.4 is 10.1 Å². The Labute approximate surface area is 124 Å². The lowest BCUT2D eigenvalue weighted by atomic mass is 9.99. The van der Waals surface area contributed by atoms with Gasteiger partial charge in [-0.05, 0) is 24.1 Å². The molecule has 112 valence electrons. The first kappa shape index (κ1) is 16.8. The molecule has 1 unspecified atom stereocenters. The van der Waals surface area contributed by atoms with Crippen LogP contribution in [0, 0.1) is 11.7 Å². The molecule has 1 aromatic rings. The number of alkyl halides is 1. The Bertz CT molecular complexity index is 449. The summed E-state index contributed by atoms with van der Waals surface area (Å²) in [6, 6.07) is 4.02. The van der Waals surface area contributed by atoms with Crippen LogP contribution in [0.1, 0.15) is 37.0 Å². The zero-order valence-electron chi connectivity index (χ0n) is 12.1. The zero-order valence-corrected chi connectivity index (χ0v) is 12.8. The van der Waals surface area contributed by atoms with E-state index in [0.717, 1.165) is 12.8 Å². The molecular formula is C15H21ClFNO2. The third kappa shape index (κ3) is 4.37. The van der Waals surface area contributed by atoms with Crippen LogP contribution in [-0.4, -0.2) is 24.9 Å². The number of rotatable bonds is 7. The molecule has 3 nitrogen and oxygen atoms in total. The van der Waals surface area contributed by atoms with Crippen LogP contribution in [0.2, 0.25) is 0 Å². The van der Waals surface area contributed by atoms with E-state index in [2.05, 4.69) is 19.2 Å². The van der Waals surface area contributed by atoms with Crippen LogP contribution in [0.3, 0.4) is 0 Å². The van der Waals surface area contributed by atoms with Gasteiger partial charge in [0.2, 0.25) is 0 Å². The van der Waals surface area contributed by atoms with E-state index >= 15 is 0 Å². The fourth-order valence-electron chi connectivity index (χ4n) is 2.06. The second-order valence-corrected chi connectivity index (χ2v) is 5.21. The largest absolute Gasteiger partial charge is 0.494 e. The Hall–Kier alpha value is -1.29. The van der Waals surface area contributed by atoms with Crippen molar-refractivity contribution < 1.29 is 13.9 Å². The van der Waals surface area contributed by atoms with E-state index in [-0.39, 0.29) is 17.0 Å². The van der Waals surface area contributed by atoms with E-state index < -0.39 is 5.82 Å². The second kappa shape index (κ2) is 8.10. The van der Waals surface area contributed by atoms with Gasteiger partial charge in [0.05, 0.1) is 12.5 Å². The topological polar surface area (TPSA) is 38.3 Å². The first-order valence-corrected chi connectivity index (χ1v) is 7.22. The van der Waals surface area contributed by atoms with Gasteiger partial charge < -0.3 is 10.1 Å². The molecule has 0 aliphatic heterocycles. The smallest absolute Gasteiger partial charge is 0.251 e. The van der Waals surface area contributed by atoms with Gasteiger partial charge >= 0.3 is 0 Å². The van der Waals surface area contributed by atoms with Crippen LogP contribution in [0.25, 0.3) is 0 Å². The predicted molar refractivity (Wildman–Crippen MR) is 79.0 cm³/mol. The molecule has 0 radical (unpaired) electrons. The number of amides is 1. The number of hydrogen-bond acceptors (Lipinski definition) is 2. The highest BCUT2D eigenvalue weighted by atomic mass is 35.5. The Kier molecular flexibility index (Phi) is 6.79. The van der Waals surface area contributed by atoms with Crippen molar-refractivity contribution in [1.29, 1.82) is 0 Å². The first-order valence-electron chi connectivity index (χ1n) is 6.79. The van der Waals surface area contributed by atoms with Crippen molar-refractivity contribution in [3.8, 4) is 5.75 Å². The van der Waals surface area contributed by atoms with Crippen molar-refractivity contribution >= 4 is 17.5 Å². The lowest BCUT2D eigenvalue weighted by Crippen LogP contribution is -2.33. The van der Waals surface area contributed by atoms with E-state index in [1.807, 2.05) is 0 Å². The number of carbonyl (C=O) groups is 1. The third-order valence-corrected chi connectivity index (χ3v) is 3.94. The SMILES string of the molecule is CCC(CC)C(Cl)CNC(=O)c1ccc(F)c(OC)c1. The highest BCUT2D eigenvalue weighted by molar-refractivity contribution is 6.21. The summed E-state index contributed by atoms with van der Waals surface area (Å²) >= 11 is 6.26. The lowest BCUT2D eigenvalue weighted by molar-refractivity contribution is 0.0951. The quantitative estimate of drug-likeness (QED) is 0.781. The molecule has 0 saturated heterocycles. The molecule has 5 heteroatoms. The number of benzene rings is 1. The highest BCUT2D eigenvalue weighted by Crippen LogP contribution is 2.19.